The topological polar surface area (TPSA) is 105 Å². The maximum absolute atomic E-state index is 12.5. The van der Waals surface area contributed by atoms with Crippen LogP contribution in [0.5, 0.6) is 0 Å². The van der Waals surface area contributed by atoms with Crippen LogP contribution in [0.15, 0.2) is 24.3 Å². The van der Waals surface area contributed by atoms with Crippen molar-refractivity contribution < 1.29 is 23.9 Å². The normalized spacial score (nSPS) is 18.7. The molecule has 29 heavy (non-hydrogen) atoms. The number of esters is 1. The van der Waals surface area contributed by atoms with E-state index in [1.807, 2.05) is 32.9 Å². The predicted molar refractivity (Wildman–Crippen MR) is 108 cm³/mol. The molecule has 8 heteroatoms. The number of amides is 4. The number of imide groups is 1. The van der Waals surface area contributed by atoms with Crippen molar-refractivity contribution in [3.05, 3.63) is 29.8 Å². The fraction of sp³-hybridized carbons (Fsp3) is 0.524. The Hall–Kier alpha value is -2.90. The Bertz CT molecular complexity index is 792. The molecule has 0 saturated carbocycles. The van der Waals surface area contributed by atoms with Crippen molar-refractivity contribution in [1.29, 1.82) is 0 Å². The zero-order valence-electron chi connectivity index (χ0n) is 17.4. The SMILES string of the molecule is CCCC[C@@]1(C)NC(=O)N(CC(=O)OCC(=O)Nc2ccccc2C(C)C)C1=O. The summed E-state index contributed by atoms with van der Waals surface area (Å²) < 4.78 is 4.96. The van der Waals surface area contributed by atoms with Crippen molar-refractivity contribution in [2.75, 3.05) is 18.5 Å². The molecule has 1 heterocycles. The quantitative estimate of drug-likeness (QED) is 0.487. The van der Waals surface area contributed by atoms with Gasteiger partial charge in [-0.15, -0.1) is 0 Å². The molecule has 1 saturated heterocycles. The fourth-order valence-corrected chi connectivity index (χ4v) is 3.21. The fourth-order valence-electron chi connectivity index (χ4n) is 3.21. The highest BCUT2D eigenvalue weighted by Gasteiger charge is 2.47. The van der Waals surface area contributed by atoms with Gasteiger partial charge in [0, 0.05) is 5.69 Å². The maximum Gasteiger partial charge on any atom is 0.326 e. The average Bonchev–Trinajstić information content (AvgIpc) is 2.88. The highest BCUT2D eigenvalue weighted by Crippen LogP contribution is 2.24. The zero-order valence-corrected chi connectivity index (χ0v) is 17.4. The van der Waals surface area contributed by atoms with Gasteiger partial charge in [0.25, 0.3) is 11.8 Å². The summed E-state index contributed by atoms with van der Waals surface area (Å²) in [5.74, 6) is -1.55. The summed E-state index contributed by atoms with van der Waals surface area (Å²) in [7, 11) is 0. The lowest BCUT2D eigenvalue weighted by Gasteiger charge is -2.21. The Balaban J connectivity index is 1.88. The first kappa shape index (κ1) is 22.4. The third-order valence-electron chi connectivity index (χ3n) is 4.88. The van der Waals surface area contributed by atoms with Crippen molar-refractivity contribution in [1.82, 2.24) is 10.2 Å². The molecule has 0 unspecified atom stereocenters. The van der Waals surface area contributed by atoms with Gasteiger partial charge in [-0.3, -0.25) is 19.3 Å². The molecule has 1 aromatic carbocycles. The number of carbonyl (C=O) groups is 4. The number of anilines is 1. The molecule has 4 amide bonds. The van der Waals surface area contributed by atoms with Gasteiger partial charge in [0.1, 0.15) is 12.1 Å². The Morgan fingerprint density at radius 1 is 1.24 bits per heavy atom. The molecular weight excluding hydrogens is 374 g/mol. The van der Waals surface area contributed by atoms with E-state index < -0.39 is 42.5 Å². The number of carbonyl (C=O) groups excluding carboxylic acids is 4. The highest BCUT2D eigenvalue weighted by atomic mass is 16.5. The minimum absolute atomic E-state index is 0.218. The number of ether oxygens (including phenoxy) is 1. The number of hydrogen-bond donors (Lipinski definition) is 2. The van der Waals surface area contributed by atoms with E-state index in [1.54, 1.807) is 19.1 Å². The summed E-state index contributed by atoms with van der Waals surface area (Å²) in [5.41, 5.74) is 0.618. The van der Waals surface area contributed by atoms with Crippen LogP contribution in [0.2, 0.25) is 0 Å². The average molecular weight is 403 g/mol. The smallest absolute Gasteiger partial charge is 0.326 e. The number of urea groups is 1. The van der Waals surface area contributed by atoms with E-state index in [0.29, 0.717) is 12.1 Å². The number of para-hydroxylation sites is 1. The summed E-state index contributed by atoms with van der Waals surface area (Å²) in [6.45, 7) is 6.64. The van der Waals surface area contributed by atoms with Crippen LogP contribution in [0.25, 0.3) is 0 Å². The maximum atomic E-state index is 12.5. The van der Waals surface area contributed by atoms with Crippen LogP contribution in [0.3, 0.4) is 0 Å². The van der Waals surface area contributed by atoms with Gasteiger partial charge in [-0.25, -0.2) is 4.79 Å². The van der Waals surface area contributed by atoms with Crippen LogP contribution in [0, 0.1) is 0 Å². The van der Waals surface area contributed by atoms with Gasteiger partial charge < -0.3 is 15.4 Å². The lowest BCUT2D eigenvalue weighted by atomic mass is 9.95. The van der Waals surface area contributed by atoms with Crippen molar-refractivity contribution in [3.8, 4) is 0 Å². The molecule has 1 atom stereocenters. The van der Waals surface area contributed by atoms with E-state index in [4.69, 9.17) is 4.74 Å². The molecule has 0 bridgehead atoms. The Kier molecular flexibility index (Phi) is 7.36. The van der Waals surface area contributed by atoms with E-state index >= 15 is 0 Å². The van der Waals surface area contributed by atoms with Gasteiger partial charge in [-0.05, 0) is 30.9 Å². The number of nitrogens with zero attached hydrogens (tertiary/aromatic N) is 1. The molecule has 8 nitrogen and oxygen atoms in total. The van der Waals surface area contributed by atoms with Gasteiger partial charge in [-0.1, -0.05) is 51.8 Å². The lowest BCUT2D eigenvalue weighted by Crippen LogP contribution is -2.44. The molecule has 0 radical (unpaired) electrons. The number of hydrogen-bond acceptors (Lipinski definition) is 5. The number of unbranched alkanes of at least 4 members (excludes halogenated alkanes) is 1. The molecule has 2 rings (SSSR count). The number of benzene rings is 1. The van der Waals surface area contributed by atoms with Crippen LogP contribution in [-0.4, -0.2) is 47.4 Å². The Morgan fingerprint density at radius 2 is 1.93 bits per heavy atom. The first-order valence-electron chi connectivity index (χ1n) is 9.86. The van der Waals surface area contributed by atoms with Crippen LogP contribution in [0.1, 0.15) is 58.4 Å². The van der Waals surface area contributed by atoms with Crippen molar-refractivity contribution in [2.45, 2.75) is 58.4 Å². The minimum Gasteiger partial charge on any atom is -0.454 e. The van der Waals surface area contributed by atoms with E-state index in [-0.39, 0.29) is 5.92 Å². The highest BCUT2D eigenvalue weighted by molar-refractivity contribution is 6.08. The number of rotatable bonds is 9. The summed E-state index contributed by atoms with van der Waals surface area (Å²) in [5, 5.41) is 5.35. The van der Waals surface area contributed by atoms with Crippen molar-refractivity contribution in [3.63, 3.8) is 0 Å². The van der Waals surface area contributed by atoms with E-state index in [2.05, 4.69) is 10.6 Å². The third kappa shape index (κ3) is 5.56. The largest absolute Gasteiger partial charge is 0.454 e. The van der Waals surface area contributed by atoms with Crippen LogP contribution in [-0.2, 0) is 19.1 Å². The first-order chi connectivity index (χ1) is 13.7. The zero-order chi connectivity index (χ0) is 21.6. The van der Waals surface area contributed by atoms with Gasteiger partial charge in [0.05, 0.1) is 0 Å². The van der Waals surface area contributed by atoms with E-state index in [9.17, 15) is 19.2 Å². The monoisotopic (exact) mass is 403 g/mol. The van der Waals surface area contributed by atoms with E-state index in [0.717, 1.165) is 23.3 Å². The van der Waals surface area contributed by atoms with Crippen LogP contribution < -0.4 is 10.6 Å². The summed E-state index contributed by atoms with van der Waals surface area (Å²) in [6, 6.07) is 6.76. The Labute approximate surface area is 171 Å². The molecule has 1 aliphatic heterocycles. The van der Waals surface area contributed by atoms with Gasteiger partial charge in [-0.2, -0.15) is 0 Å². The van der Waals surface area contributed by atoms with Crippen LogP contribution >= 0.6 is 0 Å². The molecule has 0 aromatic heterocycles. The molecule has 2 N–H and O–H groups in total. The van der Waals surface area contributed by atoms with E-state index in [1.165, 1.54) is 0 Å². The summed E-state index contributed by atoms with van der Waals surface area (Å²) in [4.78, 5) is 49.6. The summed E-state index contributed by atoms with van der Waals surface area (Å²) in [6.07, 6.45) is 2.16. The second-order valence-corrected chi connectivity index (χ2v) is 7.71. The molecule has 158 valence electrons. The minimum atomic E-state index is -1.01. The second-order valence-electron chi connectivity index (χ2n) is 7.71. The van der Waals surface area contributed by atoms with Crippen molar-refractivity contribution >= 4 is 29.5 Å². The molecule has 1 aliphatic rings. The van der Waals surface area contributed by atoms with Gasteiger partial charge in [0.15, 0.2) is 6.61 Å². The standard InChI is InChI=1S/C21H29N3O5/c1-5-6-11-21(4)19(27)24(20(28)23-21)12-18(26)29-13-17(25)22-16-10-8-7-9-15(16)14(2)3/h7-10,14H,5-6,11-13H2,1-4H3,(H,22,25)(H,23,28)/t21-/m1/s1. The molecule has 0 aliphatic carbocycles. The first-order valence-corrected chi connectivity index (χ1v) is 9.86. The lowest BCUT2D eigenvalue weighted by molar-refractivity contribution is -0.150. The predicted octanol–water partition coefficient (Wildman–Crippen LogP) is 2.79. The second kappa shape index (κ2) is 9.54. The van der Waals surface area contributed by atoms with Gasteiger partial charge >= 0.3 is 12.0 Å². The molecule has 1 fully saturated rings. The summed E-state index contributed by atoms with van der Waals surface area (Å²) >= 11 is 0. The number of nitrogens with one attached hydrogen (secondary N) is 2. The molecular formula is C21H29N3O5. The van der Waals surface area contributed by atoms with Crippen LogP contribution in [0.4, 0.5) is 10.5 Å². The molecule has 1 aromatic rings. The third-order valence-corrected chi connectivity index (χ3v) is 4.88. The molecule has 0 spiro atoms. The van der Waals surface area contributed by atoms with Crippen molar-refractivity contribution in [2.24, 2.45) is 0 Å². The van der Waals surface area contributed by atoms with Gasteiger partial charge in [0.2, 0.25) is 0 Å². The Morgan fingerprint density at radius 3 is 2.59 bits per heavy atom.